The average molecular weight is 586 g/mol. The molecule has 0 radical (unpaired) electrons. The molecule has 0 aromatic rings. The molecule has 0 bridgehead atoms. The fraction of sp³-hybridized carbons (Fsp3) is 0.879. The third-order valence-electron chi connectivity index (χ3n) is 12.5. The molecular formula is C33H52FN5O3. The smallest absolute Gasteiger partial charge is 0.256 e. The number of ketones is 1. The molecule has 11 atom stereocenters. The summed E-state index contributed by atoms with van der Waals surface area (Å²) >= 11 is 0. The summed E-state index contributed by atoms with van der Waals surface area (Å²) in [5.41, 5.74) is 0.237. The Bertz CT molecular complexity index is 1070. The highest BCUT2D eigenvalue weighted by molar-refractivity contribution is 6.20. The molecule has 4 aliphatic heterocycles. The van der Waals surface area contributed by atoms with Crippen molar-refractivity contribution in [2.24, 2.45) is 17.8 Å². The number of fused-ring (bicyclic) bond motifs is 3. The van der Waals surface area contributed by atoms with Gasteiger partial charge in [0.25, 0.3) is 5.91 Å². The highest BCUT2D eigenvalue weighted by Crippen LogP contribution is 2.51. The maximum absolute atomic E-state index is 16.4. The van der Waals surface area contributed by atoms with Crippen LogP contribution in [0.5, 0.6) is 0 Å². The number of hydrogen-bond donors (Lipinski definition) is 1. The highest BCUT2D eigenvalue weighted by atomic mass is 19.1. The Morgan fingerprint density at radius 2 is 1.83 bits per heavy atom. The van der Waals surface area contributed by atoms with Crippen LogP contribution in [0.25, 0.3) is 0 Å². The van der Waals surface area contributed by atoms with Gasteiger partial charge in [-0.1, -0.05) is 25.7 Å². The van der Waals surface area contributed by atoms with Crippen molar-refractivity contribution in [3.05, 3.63) is 11.8 Å². The van der Waals surface area contributed by atoms with E-state index in [1.165, 1.54) is 32.1 Å². The summed E-state index contributed by atoms with van der Waals surface area (Å²) in [5, 5.41) is 3.08. The van der Waals surface area contributed by atoms with Crippen molar-refractivity contribution < 1.29 is 18.7 Å². The van der Waals surface area contributed by atoms with E-state index in [-0.39, 0.29) is 54.0 Å². The average Bonchev–Trinajstić information content (AvgIpc) is 3.62. The molecule has 7 rings (SSSR count). The summed E-state index contributed by atoms with van der Waals surface area (Å²) < 4.78 is 23.4. The van der Waals surface area contributed by atoms with Gasteiger partial charge in [0.05, 0.1) is 35.9 Å². The summed E-state index contributed by atoms with van der Waals surface area (Å²) in [7, 11) is 6.35. The number of hydrogen-bond acceptors (Lipinski definition) is 7. The fourth-order valence-corrected chi connectivity index (χ4v) is 10.1. The number of Topliss-reactive ketones (excluding diaryl/α,β-unsaturated/α-hetero) is 1. The van der Waals surface area contributed by atoms with E-state index < -0.39 is 12.1 Å². The minimum Gasteiger partial charge on any atom is -0.369 e. The summed E-state index contributed by atoms with van der Waals surface area (Å²) in [6.45, 7) is 3.36. The minimum atomic E-state index is -1.15. The molecule has 3 saturated heterocycles. The largest absolute Gasteiger partial charge is 0.369 e. The Labute approximate surface area is 251 Å². The van der Waals surface area contributed by atoms with Gasteiger partial charge in [0.1, 0.15) is 6.17 Å². The second kappa shape index (κ2) is 11.8. The standard InChI is InChI=1S/C33H52FN5O3/c1-36(2)23-11-14-38(18-23)30-26(34)17-24-29-32(30)42-28-16-21-8-5-4-7-20(21)15-27(28)39(29)19-25(31(24)40)33(41)35-12-10-22-9-6-13-37(22)3/h19-24,26-30,32H,4-18H2,1-3H3,(H,35,41). The molecule has 3 aliphatic carbocycles. The molecule has 0 spiro atoms. The van der Waals surface area contributed by atoms with Crippen molar-refractivity contribution in [2.75, 3.05) is 47.3 Å². The number of amides is 1. The van der Waals surface area contributed by atoms with Gasteiger partial charge in [0.15, 0.2) is 5.78 Å². The van der Waals surface area contributed by atoms with Gasteiger partial charge >= 0.3 is 0 Å². The molecule has 7 aliphatic rings. The van der Waals surface area contributed by atoms with E-state index in [1.807, 2.05) is 6.20 Å². The topological polar surface area (TPSA) is 68.4 Å². The van der Waals surface area contributed by atoms with E-state index in [9.17, 15) is 9.59 Å². The van der Waals surface area contributed by atoms with Crippen LogP contribution < -0.4 is 5.32 Å². The molecule has 42 heavy (non-hydrogen) atoms. The first-order valence-electron chi connectivity index (χ1n) is 17.0. The maximum atomic E-state index is 16.4. The fourth-order valence-electron chi connectivity index (χ4n) is 10.1. The van der Waals surface area contributed by atoms with Crippen LogP contribution in [-0.2, 0) is 14.3 Å². The number of nitrogens with one attached hydrogen (secondary N) is 1. The maximum Gasteiger partial charge on any atom is 0.256 e. The summed E-state index contributed by atoms with van der Waals surface area (Å²) in [6.07, 6.45) is 12.0. The van der Waals surface area contributed by atoms with Crippen LogP contribution in [0.15, 0.2) is 11.8 Å². The van der Waals surface area contributed by atoms with Crippen molar-refractivity contribution in [3.63, 3.8) is 0 Å². The first kappa shape index (κ1) is 29.2. The quantitative estimate of drug-likeness (QED) is 0.481. The lowest BCUT2D eigenvalue weighted by atomic mass is 9.64. The lowest BCUT2D eigenvalue weighted by Gasteiger charge is -2.61. The molecule has 6 fully saturated rings. The Hall–Kier alpha value is -1.55. The number of ether oxygens (including phenoxy) is 1. The number of nitrogens with zero attached hydrogens (tertiary/aromatic N) is 4. The lowest BCUT2D eigenvalue weighted by molar-refractivity contribution is -0.219. The third kappa shape index (κ3) is 5.14. The van der Waals surface area contributed by atoms with Crippen LogP contribution in [0.4, 0.5) is 4.39 Å². The second-order valence-electron chi connectivity index (χ2n) is 14.9. The van der Waals surface area contributed by atoms with Crippen LogP contribution in [0.2, 0.25) is 0 Å². The third-order valence-corrected chi connectivity index (χ3v) is 12.5. The number of carbonyl (C=O) groups excluding carboxylic acids is 2. The van der Waals surface area contributed by atoms with Crippen molar-refractivity contribution in [1.29, 1.82) is 0 Å². The van der Waals surface area contributed by atoms with Crippen LogP contribution in [0, 0.1) is 17.8 Å². The number of rotatable bonds is 6. The van der Waals surface area contributed by atoms with Crippen molar-refractivity contribution in [1.82, 2.24) is 24.9 Å². The monoisotopic (exact) mass is 585 g/mol. The lowest BCUT2D eigenvalue weighted by Crippen LogP contribution is -2.73. The van der Waals surface area contributed by atoms with Gasteiger partial charge in [-0.05, 0) is 84.5 Å². The second-order valence-corrected chi connectivity index (χ2v) is 14.9. The molecule has 11 unspecified atom stereocenters. The van der Waals surface area contributed by atoms with Gasteiger partial charge in [0, 0.05) is 43.8 Å². The van der Waals surface area contributed by atoms with Gasteiger partial charge in [-0.25, -0.2) is 4.39 Å². The van der Waals surface area contributed by atoms with Gasteiger partial charge in [-0.15, -0.1) is 0 Å². The number of likely N-dealkylation sites (N-methyl/N-ethyl adjacent to an activating group) is 1. The summed E-state index contributed by atoms with van der Waals surface area (Å²) in [5.74, 6) is 0.352. The van der Waals surface area contributed by atoms with Gasteiger partial charge in [-0.2, -0.15) is 0 Å². The predicted octanol–water partition coefficient (Wildman–Crippen LogP) is 2.82. The molecule has 9 heteroatoms. The van der Waals surface area contributed by atoms with Gasteiger partial charge in [-0.3, -0.25) is 14.5 Å². The van der Waals surface area contributed by atoms with E-state index >= 15 is 4.39 Å². The van der Waals surface area contributed by atoms with E-state index in [0.717, 1.165) is 51.7 Å². The van der Waals surface area contributed by atoms with E-state index in [4.69, 9.17) is 4.74 Å². The zero-order valence-electron chi connectivity index (χ0n) is 25.9. The Kier molecular flexibility index (Phi) is 8.16. The van der Waals surface area contributed by atoms with Crippen LogP contribution >= 0.6 is 0 Å². The number of halogens is 1. The first-order chi connectivity index (χ1) is 20.3. The van der Waals surface area contributed by atoms with Crippen molar-refractivity contribution in [3.8, 4) is 0 Å². The number of morpholine rings is 1. The normalized spacial score (nSPS) is 44.0. The van der Waals surface area contributed by atoms with Crippen LogP contribution in [-0.4, -0.2) is 127 Å². The predicted molar refractivity (Wildman–Crippen MR) is 160 cm³/mol. The Morgan fingerprint density at radius 1 is 1.05 bits per heavy atom. The van der Waals surface area contributed by atoms with Crippen LogP contribution in [0.3, 0.4) is 0 Å². The molecule has 3 saturated carbocycles. The minimum absolute atomic E-state index is 0.0259. The van der Waals surface area contributed by atoms with E-state index in [2.05, 4.69) is 46.1 Å². The molecule has 234 valence electrons. The SMILES string of the molecule is CN(C)C1CCN(C2C(F)CC3C(=O)C(C(=O)NCCC4CCCN4C)=CN4C5CC6CCCCC6CC5OC2C34)C1. The first-order valence-corrected chi connectivity index (χ1v) is 17.0. The van der Waals surface area contributed by atoms with Gasteiger partial charge < -0.3 is 24.8 Å². The van der Waals surface area contributed by atoms with Crippen molar-refractivity contribution in [2.45, 2.75) is 119 Å². The zero-order chi connectivity index (χ0) is 29.1. The Morgan fingerprint density at radius 3 is 2.55 bits per heavy atom. The number of alkyl halides is 1. The molecule has 8 nitrogen and oxygen atoms in total. The number of carbonyl (C=O) groups is 2. The highest BCUT2D eigenvalue weighted by Gasteiger charge is 2.61. The summed E-state index contributed by atoms with van der Waals surface area (Å²) in [4.78, 5) is 36.9. The molecule has 1 N–H and O–H groups in total. The summed E-state index contributed by atoms with van der Waals surface area (Å²) in [6, 6.07) is 0.507. The van der Waals surface area contributed by atoms with E-state index in [1.54, 1.807) is 0 Å². The molecular weight excluding hydrogens is 533 g/mol. The molecule has 0 aromatic carbocycles. The van der Waals surface area contributed by atoms with Gasteiger partial charge in [0.2, 0.25) is 0 Å². The molecule has 0 aromatic heterocycles. The molecule has 1 amide bonds. The van der Waals surface area contributed by atoms with E-state index in [0.29, 0.717) is 30.5 Å². The van der Waals surface area contributed by atoms with Crippen LogP contribution in [0.1, 0.15) is 70.6 Å². The molecule has 4 heterocycles. The number of likely N-dealkylation sites (tertiary alicyclic amines) is 2. The van der Waals surface area contributed by atoms with Crippen molar-refractivity contribution >= 4 is 11.7 Å². The zero-order valence-corrected chi connectivity index (χ0v) is 25.9. The Balaban J connectivity index is 1.16.